The topological polar surface area (TPSA) is 99.9 Å². The number of carboxylic acid groups (broad SMARTS) is 1. The van der Waals surface area contributed by atoms with Crippen LogP contribution in [-0.2, 0) is 16.1 Å². The van der Waals surface area contributed by atoms with Crippen molar-refractivity contribution in [1.82, 2.24) is 10.2 Å². The fraction of sp³-hybridized carbons (Fsp3) is 0.350. The van der Waals surface area contributed by atoms with Crippen LogP contribution in [0.15, 0.2) is 34.7 Å². The van der Waals surface area contributed by atoms with Crippen molar-refractivity contribution in [2.24, 2.45) is 0 Å². The summed E-state index contributed by atoms with van der Waals surface area (Å²) in [6.45, 7) is 5.09. The summed E-state index contributed by atoms with van der Waals surface area (Å²) in [5.41, 5.74) is 2.02. The highest BCUT2D eigenvalue weighted by molar-refractivity contribution is 5.88. The molecule has 0 saturated heterocycles. The summed E-state index contributed by atoms with van der Waals surface area (Å²) in [6, 6.07) is 8.61. The smallest absolute Gasteiger partial charge is 0.339 e. The van der Waals surface area contributed by atoms with E-state index >= 15 is 0 Å². The number of hydrogen-bond acceptors (Lipinski definition) is 4. The van der Waals surface area contributed by atoms with Crippen LogP contribution in [0.2, 0.25) is 0 Å². The Labute approximate surface area is 158 Å². The molecule has 0 aliphatic rings. The van der Waals surface area contributed by atoms with Crippen LogP contribution >= 0.6 is 0 Å². The minimum atomic E-state index is -1.07. The molecule has 0 spiro atoms. The molecule has 0 saturated carbocycles. The van der Waals surface area contributed by atoms with Crippen molar-refractivity contribution >= 4 is 17.8 Å². The zero-order chi connectivity index (χ0) is 20.1. The summed E-state index contributed by atoms with van der Waals surface area (Å²) in [5, 5.41) is 11.9. The highest BCUT2D eigenvalue weighted by atomic mass is 16.4. The van der Waals surface area contributed by atoms with Gasteiger partial charge in [-0.2, -0.15) is 0 Å². The number of rotatable bonds is 7. The molecule has 2 N–H and O–H groups in total. The second kappa shape index (κ2) is 8.53. The lowest BCUT2D eigenvalue weighted by atomic mass is 10.0. The first-order valence-corrected chi connectivity index (χ1v) is 8.57. The van der Waals surface area contributed by atoms with Gasteiger partial charge >= 0.3 is 5.97 Å². The predicted molar refractivity (Wildman–Crippen MR) is 99.2 cm³/mol. The van der Waals surface area contributed by atoms with E-state index in [-0.39, 0.29) is 30.3 Å². The fourth-order valence-electron chi connectivity index (χ4n) is 2.78. The molecule has 0 bridgehead atoms. The second-order valence-corrected chi connectivity index (χ2v) is 6.61. The van der Waals surface area contributed by atoms with Crippen LogP contribution in [0.3, 0.4) is 0 Å². The van der Waals surface area contributed by atoms with Gasteiger partial charge in [0, 0.05) is 14.0 Å². The third kappa shape index (κ3) is 5.44. The van der Waals surface area contributed by atoms with Crippen LogP contribution in [0.5, 0.6) is 0 Å². The van der Waals surface area contributed by atoms with Gasteiger partial charge in [-0.15, -0.1) is 0 Å². The molecule has 27 heavy (non-hydrogen) atoms. The van der Waals surface area contributed by atoms with Gasteiger partial charge in [0.25, 0.3) is 0 Å². The van der Waals surface area contributed by atoms with Gasteiger partial charge in [0.05, 0.1) is 19.0 Å². The largest absolute Gasteiger partial charge is 0.478 e. The van der Waals surface area contributed by atoms with Crippen molar-refractivity contribution in [3.8, 4) is 0 Å². The molecule has 1 aromatic heterocycles. The fourth-order valence-corrected chi connectivity index (χ4v) is 2.78. The Hall–Kier alpha value is -3.09. The quantitative estimate of drug-likeness (QED) is 0.778. The Bertz CT molecular complexity index is 839. The Morgan fingerprint density at radius 1 is 1.19 bits per heavy atom. The van der Waals surface area contributed by atoms with Gasteiger partial charge in [0.1, 0.15) is 17.1 Å². The number of carbonyl (C=O) groups excluding carboxylic acids is 2. The van der Waals surface area contributed by atoms with Crippen LogP contribution < -0.4 is 5.32 Å². The molecule has 2 amide bonds. The van der Waals surface area contributed by atoms with Crippen molar-refractivity contribution in [2.75, 3.05) is 7.05 Å². The predicted octanol–water partition coefficient (Wildman–Crippen LogP) is 2.82. The number of nitrogens with one attached hydrogen (secondary N) is 1. The first-order valence-electron chi connectivity index (χ1n) is 8.57. The Morgan fingerprint density at radius 3 is 2.33 bits per heavy atom. The molecular weight excluding hydrogens is 348 g/mol. The number of carboxylic acids is 1. The lowest BCUT2D eigenvalue weighted by Gasteiger charge is -2.22. The van der Waals surface area contributed by atoms with Crippen molar-refractivity contribution in [3.63, 3.8) is 0 Å². The van der Waals surface area contributed by atoms with Gasteiger partial charge in [-0.1, -0.05) is 29.8 Å². The van der Waals surface area contributed by atoms with E-state index in [0.29, 0.717) is 11.5 Å². The summed E-state index contributed by atoms with van der Waals surface area (Å²) < 4.78 is 5.42. The van der Waals surface area contributed by atoms with Crippen molar-refractivity contribution in [3.05, 3.63) is 58.5 Å². The van der Waals surface area contributed by atoms with Crippen molar-refractivity contribution in [2.45, 2.75) is 39.8 Å². The maximum Gasteiger partial charge on any atom is 0.339 e. The van der Waals surface area contributed by atoms with E-state index in [9.17, 15) is 14.4 Å². The first kappa shape index (κ1) is 20.2. The molecule has 1 atom stereocenters. The number of aromatic carboxylic acids is 1. The Balaban J connectivity index is 2.09. The molecule has 1 aromatic carbocycles. The number of furan rings is 1. The zero-order valence-electron chi connectivity index (χ0n) is 15.9. The molecule has 144 valence electrons. The molecule has 0 aliphatic heterocycles. The van der Waals surface area contributed by atoms with Crippen LogP contribution in [0.4, 0.5) is 0 Å². The van der Waals surface area contributed by atoms with Gasteiger partial charge in [0.2, 0.25) is 11.8 Å². The number of amides is 2. The number of aryl methyl sites for hydroxylation is 2. The number of hydrogen-bond donors (Lipinski definition) is 2. The summed E-state index contributed by atoms with van der Waals surface area (Å²) in [5.74, 6) is -0.785. The summed E-state index contributed by atoms with van der Waals surface area (Å²) in [4.78, 5) is 36.7. The lowest BCUT2D eigenvalue weighted by molar-refractivity contribution is -0.131. The normalized spacial score (nSPS) is 11.7. The van der Waals surface area contributed by atoms with E-state index in [0.717, 1.165) is 11.1 Å². The summed E-state index contributed by atoms with van der Waals surface area (Å²) >= 11 is 0. The van der Waals surface area contributed by atoms with Gasteiger partial charge < -0.3 is 19.7 Å². The van der Waals surface area contributed by atoms with Crippen LogP contribution in [0.1, 0.15) is 52.4 Å². The molecule has 0 aliphatic carbocycles. The number of carbonyl (C=O) groups is 3. The molecule has 2 rings (SSSR count). The van der Waals surface area contributed by atoms with Crippen LogP contribution in [-0.4, -0.2) is 34.8 Å². The van der Waals surface area contributed by atoms with Crippen LogP contribution in [0.25, 0.3) is 0 Å². The lowest BCUT2D eigenvalue weighted by Crippen LogP contribution is -2.33. The highest BCUT2D eigenvalue weighted by Gasteiger charge is 2.21. The molecule has 0 fully saturated rings. The van der Waals surface area contributed by atoms with E-state index in [2.05, 4.69) is 5.32 Å². The molecule has 1 heterocycles. The molecular formula is C20H24N2O5. The third-order valence-electron chi connectivity index (χ3n) is 4.25. The van der Waals surface area contributed by atoms with E-state index in [1.165, 1.54) is 17.9 Å². The highest BCUT2D eigenvalue weighted by Crippen LogP contribution is 2.20. The molecule has 0 radical (unpaired) electrons. The second-order valence-electron chi connectivity index (χ2n) is 6.61. The van der Waals surface area contributed by atoms with Gasteiger partial charge in [-0.05, 0) is 25.5 Å². The van der Waals surface area contributed by atoms with Gasteiger partial charge in [0.15, 0.2) is 0 Å². The van der Waals surface area contributed by atoms with E-state index < -0.39 is 12.0 Å². The SMILES string of the molecule is CC(=O)NC(CC(=O)N(C)Cc1cc(C(=O)O)c(C)o1)c1ccc(C)cc1. The van der Waals surface area contributed by atoms with Gasteiger partial charge in [-0.25, -0.2) is 4.79 Å². The Morgan fingerprint density at radius 2 is 1.81 bits per heavy atom. The third-order valence-corrected chi connectivity index (χ3v) is 4.25. The monoisotopic (exact) mass is 372 g/mol. The zero-order valence-corrected chi connectivity index (χ0v) is 15.9. The average molecular weight is 372 g/mol. The minimum Gasteiger partial charge on any atom is -0.478 e. The van der Waals surface area contributed by atoms with Crippen molar-refractivity contribution in [1.29, 1.82) is 0 Å². The van der Waals surface area contributed by atoms with Crippen molar-refractivity contribution < 1.29 is 23.9 Å². The summed E-state index contributed by atoms with van der Waals surface area (Å²) in [7, 11) is 1.61. The summed E-state index contributed by atoms with van der Waals surface area (Å²) in [6.07, 6.45) is 0.0879. The van der Waals surface area contributed by atoms with Gasteiger partial charge in [-0.3, -0.25) is 9.59 Å². The first-order chi connectivity index (χ1) is 12.7. The number of benzene rings is 1. The standard InChI is InChI=1S/C20H24N2O5/c1-12-5-7-15(8-6-12)18(21-14(3)23)10-19(24)22(4)11-16-9-17(20(25)26)13(2)27-16/h5-9,18H,10-11H2,1-4H3,(H,21,23)(H,25,26). The molecule has 1 unspecified atom stereocenters. The number of nitrogens with zero attached hydrogens (tertiary/aromatic N) is 1. The minimum absolute atomic E-state index is 0.0848. The molecule has 2 aromatic rings. The molecule has 7 heteroatoms. The van der Waals surface area contributed by atoms with E-state index in [1.807, 2.05) is 31.2 Å². The van der Waals surface area contributed by atoms with E-state index in [4.69, 9.17) is 9.52 Å². The van der Waals surface area contributed by atoms with Crippen LogP contribution in [0, 0.1) is 13.8 Å². The average Bonchev–Trinajstić information content (AvgIpc) is 2.95. The Kier molecular flexibility index (Phi) is 6.39. The molecule has 7 nitrogen and oxygen atoms in total. The maximum atomic E-state index is 12.6. The van der Waals surface area contributed by atoms with E-state index in [1.54, 1.807) is 14.0 Å². The maximum absolute atomic E-state index is 12.6.